The minimum atomic E-state index is 0.275. The first-order chi connectivity index (χ1) is 9.67. The molecule has 2 saturated heterocycles. The summed E-state index contributed by atoms with van der Waals surface area (Å²) in [6.45, 7) is 7.99. The van der Waals surface area contributed by atoms with Gasteiger partial charge in [-0.15, -0.1) is 0 Å². The van der Waals surface area contributed by atoms with E-state index in [0.29, 0.717) is 18.0 Å². The number of hydrazine groups is 1. The van der Waals surface area contributed by atoms with E-state index in [4.69, 9.17) is 10.6 Å². The molecule has 5 atom stereocenters. The first kappa shape index (κ1) is 14.8. The van der Waals surface area contributed by atoms with Crippen LogP contribution in [-0.4, -0.2) is 42.8 Å². The molecular formula is C16H31N3O. The summed E-state index contributed by atoms with van der Waals surface area (Å²) in [6, 6.07) is 0.996. The number of nitrogens with two attached hydrogens (primary N) is 1. The highest BCUT2D eigenvalue weighted by molar-refractivity contribution is 4.93. The summed E-state index contributed by atoms with van der Waals surface area (Å²) in [5, 5.41) is 0. The van der Waals surface area contributed by atoms with Crippen LogP contribution in [0.4, 0.5) is 0 Å². The number of fused-ring (bicyclic) bond motifs is 1. The Morgan fingerprint density at radius 1 is 1.20 bits per heavy atom. The Morgan fingerprint density at radius 3 is 2.65 bits per heavy atom. The summed E-state index contributed by atoms with van der Waals surface area (Å²) < 4.78 is 6.18. The average Bonchev–Trinajstić information content (AvgIpc) is 2.86. The molecule has 0 amide bonds. The van der Waals surface area contributed by atoms with Crippen LogP contribution in [0.3, 0.4) is 0 Å². The maximum Gasteiger partial charge on any atom is 0.0871 e. The Bertz CT molecular complexity index is 315. The van der Waals surface area contributed by atoms with Crippen molar-refractivity contribution in [1.29, 1.82) is 0 Å². The normalized spacial score (nSPS) is 44.2. The van der Waals surface area contributed by atoms with Crippen LogP contribution in [0.25, 0.3) is 0 Å². The summed E-state index contributed by atoms with van der Waals surface area (Å²) in [6.07, 6.45) is 6.87. The molecule has 20 heavy (non-hydrogen) atoms. The number of nitrogens with one attached hydrogen (secondary N) is 1. The second-order valence-electron chi connectivity index (χ2n) is 7.53. The van der Waals surface area contributed by atoms with Gasteiger partial charge in [0.2, 0.25) is 0 Å². The standard InChI is InChI=1S/C16H31N3O/c1-11-6-12(2)8-13(7-11)16(18-17)15-9-19-5-3-4-14(19)10-20-15/h11-16,18H,3-10,17H2,1-2H3. The molecule has 3 aliphatic rings. The van der Waals surface area contributed by atoms with Crippen LogP contribution in [0.2, 0.25) is 0 Å². The molecule has 4 nitrogen and oxygen atoms in total. The lowest BCUT2D eigenvalue weighted by Crippen LogP contribution is -2.58. The molecule has 1 aliphatic carbocycles. The van der Waals surface area contributed by atoms with Crippen LogP contribution >= 0.6 is 0 Å². The molecule has 2 heterocycles. The third-order valence-corrected chi connectivity index (χ3v) is 5.73. The van der Waals surface area contributed by atoms with Crippen molar-refractivity contribution in [2.45, 2.75) is 64.1 Å². The zero-order chi connectivity index (χ0) is 14.1. The lowest BCUT2D eigenvalue weighted by Gasteiger charge is -2.43. The largest absolute Gasteiger partial charge is 0.374 e. The molecule has 2 aliphatic heterocycles. The molecule has 0 aromatic heterocycles. The molecule has 116 valence electrons. The van der Waals surface area contributed by atoms with Crippen molar-refractivity contribution in [3.8, 4) is 0 Å². The van der Waals surface area contributed by atoms with Crippen molar-refractivity contribution in [3.05, 3.63) is 0 Å². The predicted octanol–water partition coefficient (Wildman–Crippen LogP) is 1.75. The van der Waals surface area contributed by atoms with Crippen LogP contribution in [0.5, 0.6) is 0 Å². The van der Waals surface area contributed by atoms with E-state index in [1.54, 1.807) is 0 Å². The molecule has 0 bridgehead atoms. The van der Waals surface area contributed by atoms with Gasteiger partial charge in [0.1, 0.15) is 0 Å². The highest BCUT2D eigenvalue weighted by Crippen LogP contribution is 2.36. The van der Waals surface area contributed by atoms with E-state index >= 15 is 0 Å². The fraction of sp³-hybridized carbons (Fsp3) is 1.00. The summed E-state index contributed by atoms with van der Waals surface area (Å²) in [5.74, 6) is 8.23. The van der Waals surface area contributed by atoms with Gasteiger partial charge < -0.3 is 4.74 Å². The van der Waals surface area contributed by atoms with Crippen LogP contribution < -0.4 is 11.3 Å². The first-order valence-electron chi connectivity index (χ1n) is 8.49. The van der Waals surface area contributed by atoms with Crippen LogP contribution in [0.15, 0.2) is 0 Å². The molecule has 5 unspecified atom stereocenters. The number of morpholine rings is 1. The lowest BCUT2D eigenvalue weighted by atomic mass is 9.72. The fourth-order valence-electron chi connectivity index (χ4n) is 4.91. The number of hydrogen-bond acceptors (Lipinski definition) is 4. The predicted molar refractivity (Wildman–Crippen MR) is 81.1 cm³/mol. The van der Waals surface area contributed by atoms with Crippen LogP contribution in [0.1, 0.15) is 46.0 Å². The summed E-state index contributed by atoms with van der Waals surface area (Å²) in [5.41, 5.74) is 3.11. The van der Waals surface area contributed by atoms with Gasteiger partial charge in [-0.2, -0.15) is 0 Å². The van der Waals surface area contributed by atoms with Gasteiger partial charge in [0.15, 0.2) is 0 Å². The minimum absolute atomic E-state index is 0.275. The van der Waals surface area contributed by atoms with Gasteiger partial charge in [-0.3, -0.25) is 16.2 Å². The smallest absolute Gasteiger partial charge is 0.0871 e. The van der Waals surface area contributed by atoms with Crippen LogP contribution in [-0.2, 0) is 4.74 Å². The van der Waals surface area contributed by atoms with Crippen molar-refractivity contribution >= 4 is 0 Å². The molecule has 3 rings (SSSR count). The summed E-state index contributed by atoms with van der Waals surface area (Å²) in [7, 11) is 0. The number of nitrogens with zero attached hydrogens (tertiary/aromatic N) is 1. The Labute approximate surface area is 123 Å². The Balaban J connectivity index is 1.63. The Morgan fingerprint density at radius 2 is 1.95 bits per heavy atom. The molecule has 4 heteroatoms. The first-order valence-corrected chi connectivity index (χ1v) is 8.49. The van der Waals surface area contributed by atoms with E-state index in [9.17, 15) is 0 Å². The van der Waals surface area contributed by atoms with Gasteiger partial charge in [0, 0.05) is 12.6 Å². The van der Waals surface area contributed by atoms with E-state index in [1.165, 1.54) is 38.6 Å². The topological polar surface area (TPSA) is 50.5 Å². The molecule has 3 fully saturated rings. The van der Waals surface area contributed by atoms with Crippen LogP contribution in [0, 0.1) is 17.8 Å². The van der Waals surface area contributed by atoms with E-state index in [0.717, 1.165) is 25.0 Å². The number of hydrogen-bond donors (Lipinski definition) is 2. The zero-order valence-electron chi connectivity index (χ0n) is 13.1. The monoisotopic (exact) mass is 281 g/mol. The average molecular weight is 281 g/mol. The second-order valence-corrected chi connectivity index (χ2v) is 7.53. The fourth-order valence-corrected chi connectivity index (χ4v) is 4.91. The lowest BCUT2D eigenvalue weighted by molar-refractivity contribution is -0.0786. The molecule has 1 saturated carbocycles. The van der Waals surface area contributed by atoms with Crippen molar-refractivity contribution in [1.82, 2.24) is 10.3 Å². The van der Waals surface area contributed by atoms with Crippen molar-refractivity contribution in [2.75, 3.05) is 19.7 Å². The van der Waals surface area contributed by atoms with Gasteiger partial charge in [-0.25, -0.2) is 0 Å². The molecular weight excluding hydrogens is 250 g/mol. The summed E-state index contributed by atoms with van der Waals surface area (Å²) >= 11 is 0. The Kier molecular flexibility index (Phi) is 4.65. The van der Waals surface area contributed by atoms with Gasteiger partial charge in [-0.1, -0.05) is 13.8 Å². The molecule has 0 radical (unpaired) electrons. The van der Waals surface area contributed by atoms with Gasteiger partial charge in [-0.05, 0) is 56.4 Å². The van der Waals surface area contributed by atoms with E-state index in [2.05, 4.69) is 24.2 Å². The Hall–Kier alpha value is -0.160. The van der Waals surface area contributed by atoms with Gasteiger partial charge in [0.25, 0.3) is 0 Å². The quantitative estimate of drug-likeness (QED) is 0.611. The van der Waals surface area contributed by atoms with Crippen molar-refractivity contribution in [3.63, 3.8) is 0 Å². The SMILES string of the molecule is CC1CC(C)CC(C(NN)C2CN3CCCC3CO2)C1. The highest BCUT2D eigenvalue weighted by Gasteiger charge is 2.40. The van der Waals surface area contributed by atoms with Crippen molar-refractivity contribution < 1.29 is 4.74 Å². The zero-order valence-corrected chi connectivity index (χ0v) is 13.1. The third kappa shape index (κ3) is 3.03. The molecule has 0 aromatic rings. The molecule has 0 spiro atoms. The molecule has 3 N–H and O–H groups in total. The minimum Gasteiger partial charge on any atom is -0.374 e. The maximum absolute atomic E-state index is 6.18. The van der Waals surface area contributed by atoms with Crippen molar-refractivity contribution in [2.24, 2.45) is 23.6 Å². The van der Waals surface area contributed by atoms with E-state index in [-0.39, 0.29) is 6.10 Å². The number of ether oxygens (including phenoxy) is 1. The summed E-state index contributed by atoms with van der Waals surface area (Å²) in [4.78, 5) is 2.62. The molecule has 0 aromatic carbocycles. The van der Waals surface area contributed by atoms with E-state index < -0.39 is 0 Å². The highest BCUT2D eigenvalue weighted by atomic mass is 16.5. The van der Waals surface area contributed by atoms with E-state index in [1.807, 2.05) is 0 Å². The second kappa shape index (κ2) is 6.30. The maximum atomic E-state index is 6.18. The number of rotatable bonds is 3. The third-order valence-electron chi connectivity index (χ3n) is 5.73. The van der Waals surface area contributed by atoms with Gasteiger partial charge >= 0.3 is 0 Å². The van der Waals surface area contributed by atoms with Gasteiger partial charge in [0.05, 0.1) is 18.8 Å².